The normalized spacial score (nSPS) is 16.9. The number of carbonyl (C=O) groups excluding carboxylic acids is 3. The lowest BCUT2D eigenvalue weighted by Crippen LogP contribution is -2.23. The SMILES string of the molecule is COC(=O)CCCN=C(c1ccc2c(c1)OCCO2)C1C(=O)Nc2ccc(C(C)=O)cc21. The van der Waals surface area contributed by atoms with Crippen molar-refractivity contribution in [3.05, 3.63) is 53.1 Å². The first-order valence-electron chi connectivity index (χ1n) is 10.4. The van der Waals surface area contributed by atoms with E-state index in [-0.39, 0.29) is 24.1 Å². The van der Waals surface area contributed by atoms with Gasteiger partial charge in [-0.1, -0.05) is 0 Å². The van der Waals surface area contributed by atoms with Gasteiger partial charge in [-0.05, 0) is 55.3 Å². The van der Waals surface area contributed by atoms with Gasteiger partial charge in [0, 0.05) is 29.8 Å². The quantitative estimate of drug-likeness (QED) is 0.310. The van der Waals surface area contributed by atoms with Crippen LogP contribution in [0.1, 0.15) is 47.2 Å². The number of rotatable bonds is 7. The Morgan fingerprint density at radius 3 is 2.59 bits per heavy atom. The molecule has 2 aromatic carbocycles. The Morgan fingerprint density at radius 2 is 1.84 bits per heavy atom. The summed E-state index contributed by atoms with van der Waals surface area (Å²) in [5, 5.41) is 2.88. The van der Waals surface area contributed by atoms with Crippen LogP contribution >= 0.6 is 0 Å². The first kappa shape index (κ1) is 21.5. The summed E-state index contributed by atoms with van der Waals surface area (Å²) < 4.78 is 16.0. The van der Waals surface area contributed by atoms with Crippen LogP contribution in [-0.4, -0.2) is 50.2 Å². The van der Waals surface area contributed by atoms with E-state index in [4.69, 9.17) is 14.5 Å². The highest BCUT2D eigenvalue weighted by atomic mass is 16.6. The summed E-state index contributed by atoms with van der Waals surface area (Å²) in [6.45, 7) is 2.75. The summed E-state index contributed by atoms with van der Waals surface area (Å²) in [7, 11) is 1.35. The van der Waals surface area contributed by atoms with Gasteiger partial charge in [0.2, 0.25) is 5.91 Å². The Bertz CT molecular complexity index is 1110. The summed E-state index contributed by atoms with van der Waals surface area (Å²) in [5.41, 5.74) is 3.14. The van der Waals surface area contributed by atoms with Crippen LogP contribution in [0.5, 0.6) is 11.5 Å². The van der Waals surface area contributed by atoms with E-state index in [1.54, 1.807) is 24.3 Å². The summed E-state index contributed by atoms with van der Waals surface area (Å²) >= 11 is 0. The van der Waals surface area contributed by atoms with E-state index >= 15 is 0 Å². The van der Waals surface area contributed by atoms with Crippen LogP contribution in [-0.2, 0) is 14.3 Å². The highest BCUT2D eigenvalue weighted by molar-refractivity contribution is 6.24. The first-order valence-corrected chi connectivity index (χ1v) is 10.4. The molecule has 166 valence electrons. The lowest BCUT2D eigenvalue weighted by molar-refractivity contribution is -0.140. The van der Waals surface area contributed by atoms with E-state index in [1.165, 1.54) is 14.0 Å². The van der Waals surface area contributed by atoms with Gasteiger partial charge in [-0.2, -0.15) is 0 Å². The number of Topliss-reactive ketones (excluding diaryl/α,β-unsaturated/α-hetero) is 1. The number of nitrogens with zero attached hydrogens (tertiary/aromatic N) is 1. The number of aliphatic imine (C=N–C) groups is 1. The maximum Gasteiger partial charge on any atom is 0.305 e. The minimum Gasteiger partial charge on any atom is -0.486 e. The Kier molecular flexibility index (Phi) is 6.20. The molecular formula is C24H24N2O6. The lowest BCUT2D eigenvalue weighted by Gasteiger charge is -2.20. The molecule has 1 atom stereocenters. The van der Waals surface area contributed by atoms with E-state index in [9.17, 15) is 14.4 Å². The number of nitrogens with one attached hydrogen (secondary N) is 1. The molecule has 0 saturated carbocycles. The second kappa shape index (κ2) is 9.21. The van der Waals surface area contributed by atoms with Crippen molar-refractivity contribution in [1.82, 2.24) is 0 Å². The maximum absolute atomic E-state index is 13.0. The number of methoxy groups -OCH3 is 1. The van der Waals surface area contributed by atoms with Gasteiger partial charge in [-0.15, -0.1) is 0 Å². The molecule has 1 amide bonds. The second-order valence-corrected chi connectivity index (χ2v) is 7.59. The fourth-order valence-corrected chi connectivity index (χ4v) is 3.83. The molecule has 0 bridgehead atoms. The molecule has 4 rings (SSSR count). The van der Waals surface area contributed by atoms with Gasteiger partial charge in [0.25, 0.3) is 0 Å². The molecule has 2 aliphatic heterocycles. The summed E-state index contributed by atoms with van der Waals surface area (Å²) in [6, 6.07) is 10.6. The molecule has 1 N–H and O–H groups in total. The van der Waals surface area contributed by atoms with Crippen LogP contribution in [0.15, 0.2) is 41.4 Å². The molecule has 0 aromatic heterocycles. The van der Waals surface area contributed by atoms with Crippen LogP contribution < -0.4 is 14.8 Å². The van der Waals surface area contributed by atoms with Gasteiger partial charge in [-0.25, -0.2) is 0 Å². The molecule has 2 heterocycles. The molecule has 0 fully saturated rings. The minimum absolute atomic E-state index is 0.0817. The van der Waals surface area contributed by atoms with Crippen LogP contribution in [0.4, 0.5) is 5.69 Å². The largest absolute Gasteiger partial charge is 0.486 e. The molecule has 0 radical (unpaired) electrons. The van der Waals surface area contributed by atoms with E-state index < -0.39 is 5.92 Å². The molecular weight excluding hydrogens is 412 g/mol. The fraction of sp³-hybridized carbons (Fsp3) is 0.333. The molecule has 32 heavy (non-hydrogen) atoms. The van der Waals surface area contributed by atoms with Crippen molar-refractivity contribution in [2.45, 2.75) is 25.7 Å². The topological polar surface area (TPSA) is 103 Å². The number of fused-ring (bicyclic) bond motifs is 2. The Balaban J connectivity index is 1.73. The van der Waals surface area contributed by atoms with E-state index in [1.807, 2.05) is 12.1 Å². The van der Waals surface area contributed by atoms with Gasteiger partial charge in [0.15, 0.2) is 17.3 Å². The smallest absolute Gasteiger partial charge is 0.305 e. The van der Waals surface area contributed by atoms with Crippen molar-refractivity contribution >= 4 is 29.1 Å². The predicted molar refractivity (Wildman–Crippen MR) is 118 cm³/mol. The number of ether oxygens (including phenoxy) is 3. The lowest BCUT2D eigenvalue weighted by atomic mass is 9.89. The van der Waals surface area contributed by atoms with Crippen molar-refractivity contribution in [1.29, 1.82) is 0 Å². The van der Waals surface area contributed by atoms with Gasteiger partial charge >= 0.3 is 5.97 Å². The van der Waals surface area contributed by atoms with Gasteiger partial charge < -0.3 is 19.5 Å². The number of amides is 1. The highest BCUT2D eigenvalue weighted by Crippen LogP contribution is 2.38. The molecule has 0 spiro atoms. The van der Waals surface area contributed by atoms with Crippen LogP contribution in [0.25, 0.3) is 0 Å². The maximum atomic E-state index is 13.0. The average molecular weight is 436 g/mol. The summed E-state index contributed by atoms with van der Waals surface area (Å²) in [6.07, 6.45) is 0.714. The zero-order valence-electron chi connectivity index (χ0n) is 18.0. The number of hydrogen-bond donors (Lipinski definition) is 1. The monoisotopic (exact) mass is 436 g/mol. The third-order valence-corrected chi connectivity index (χ3v) is 5.45. The number of ketones is 1. The van der Waals surface area contributed by atoms with Crippen molar-refractivity contribution < 1.29 is 28.6 Å². The van der Waals surface area contributed by atoms with E-state index in [0.29, 0.717) is 65.8 Å². The fourth-order valence-electron chi connectivity index (χ4n) is 3.83. The Hall–Kier alpha value is -3.68. The van der Waals surface area contributed by atoms with Crippen molar-refractivity contribution in [3.8, 4) is 11.5 Å². The first-order chi connectivity index (χ1) is 15.5. The predicted octanol–water partition coefficient (Wildman–Crippen LogP) is 3.14. The summed E-state index contributed by atoms with van der Waals surface area (Å²) in [4.78, 5) is 41.1. The third kappa shape index (κ3) is 4.34. The third-order valence-electron chi connectivity index (χ3n) is 5.45. The summed E-state index contributed by atoms with van der Waals surface area (Å²) in [5.74, 6) is -0.0717. The second-order valence-electron chi connectivity index (χ2n) is 7.59. The number of benzene rings is 2. The average Bonchev–Trinajstić information content (AvgIpc) is 3.13. The molecule has 2 aliphatic rings. The van der Waals surface area contributed by atoms with Gasteiger partial charge in [0.05, 0.1) is 12.8 Å². The highest BCUT2D eigenvalue weighted by Gasteiger charge is 2.36. The van der Waals surface area contributed by atoms with Crippen LogP contribution in [0.2, 0.25) is 0 Å². The molecule has 0 aliphatic carbocycles. The Labute approximate surface area is 185 Å². The zero-order valence-corrected chi connectivity index (χ0v) is 18.0. The van der Waals surface area contributed by atoms with Crippen molar-refractivity contribution in [3.63, 3.8) is 0 Å². The molecule has 1 unspecified atom stereocenters. The van der Waals surface area contributed by atoms with E-state index in [2.05, 4.69) is 10.1 Å². The molecule has 2 aromatic rings. The van der Waals surface area contributed by atoms with Gasteiger partial charge in [0.1, 0.15) is 19.1 Å². The standard InChI is InChI=1S/C24H24N2O6/c1-14(27)15-5-7-18-17(12-15)22(24(29)26-18)23(25-9-3-4-21(28)30-2)16-6-8-19-20(13-16)32-11-10-31-19/h5-8,12-13,22H,3-4,9-11H2,1-2H3,(H,26,29). The Morgan fingerprint density at radius 1 is 1.09 bits per heavy atom. The zero-order chi connectivity index (χ0) is 22.7. The molecule has 8 nitrogen and oxygen atoms in total. The van der Waals surface area contributed by atoms with Crippen LogP contribution in [0.3, 0.4) is 0 Å². The minimum atomic E-state index is -0.690. The number of carbonyl (C=O) groups is 3. The van der Waals surface area contributed by atoms with Crippen molar-refractivity contribution in [2.24, 2.45) is 4.99 Å². The van der Waals surface area contributed by atoms with Crippen LogP contribution in [0, 0.1) is 0 Å². The number of esters is 1. The number of hydrogen-bond acceptors (Lipinski definition) is 7. The van der Waals surface area contributed by atoms with Gasteiger partial charge in [-0.3, -0.25) is 19.4 Å². The van der Waals surface area contributed by atoms with Crippen molar-refractivity contribution in [2.75, 3.05) is 32.2 Å². The number of anilines is 1. The molecule has 8 heteroatoms. The van der Waals surface area contributed by atoms with E-state index in [0.717, 1.165) is 0 Å². The molecule has 0 saturated heterocycles.